The van der Waals surface area contributed by atoms with Gasteiger partial charge in [0.2, 0.25) is 5.95 Å². The summed E-state index contributed by atoms with van der Waals surface area (Å²) in [7, 11) is 0. The molecule has 1 heterocycles. The van der Waals surface area contributed by atoms with Gasteiger partial charge in [-0.15, -0.1) is 0 Å². The molecule has 1 unspecified atom stereocenters. The average molecular weight is 241 g/mol. The van der Waals surface area contributed by atoms with Gasteiger partial charge in [-0.05, 0) is 11.3 Å². The van der Waals surface area contributed by atoms with Crippen LogP contribution >= 0.6 is 0 Å². The Labute approximate surface area is 101 Å². The highest BCUT2D eigenvalue weighted by Crippen LogP contribution is 2.25. The number of nitrogen functional groups attached to an aromatic ring is 1. The molecule has 96 valence electrons. The largest absolute Gasteiger partial charge is 0.367 e. The predicted molar refractivity (Wildman–Crippen MR) is 66.9 cm³/mol. The summed E-state index contributed by atoms with van der Waals surface area (Å²) in [5.41, 5.74) is 2.44. The van der Waals surface area contributed by atoms with Crippen molar-refractivity contribution in [1.82, 2.24) is 9.97 Å². The monoisotopic (exact) mass is 241 g/mol. The van der Waals surface area contributed by atoms with Gasteiger partial charge in [-0.2, -0.15) is 4.98 Å². The average Bonchev–Trinajstić information content (AvgIpc) is 2.26. The van der Waals surface area contributed by atoms with Crippen molar-refractivity contribution in [3.8, 4) is 0 Å². The smallest absolute Gasteiger partial charge is 0.239 e. The number of nitrogens with one attached hydrogen (secondary N) is 2. The summed E-state index contributed by atoms with van der Waals surface area (Å²) < 4.78 is 13.4. The molecule has 6 heteroatoms. The Morgan fingerprint density at radius 1 is 1.47 bits per heavy atom. The van der Waals surface area contributed by atoms with Gasteiger partial charge in [-0.25, -0.2) is 15.2 Å². The molecule has 5 nitrogen and oxygen atoms in total. The van der Waals surface area contributed by atoms with Gasteiger partial charge >= 0.3 is 0 Å². The predicted octanol–water partition coefficient (Wildman–Crippen LogP) is 2.00. The maximum Gasteiger partial charge on any atom is 0.239 e. The highest BCUT2D eigenvalue weighted by molar-refractivity contribution is 5.40. The summed E-state index contributed by atoms with van der Waals surface area (Å²) in [6.07, 6.45) is 1.09. The molecule has 1 atom stereocenters. The van der Waals surface area contributed by atoms with E-state index in [0.29, 0.717) is 12.5 Å². The molecular formula is C11H20FN5. The zero-order valence-electron chi connectivity index (χ0n) is 10.7. The minimum absolute atomic E-state index is 0.158. The van der Waals surface area contributed by atoms with Crippen molar-refractivity contribution >= 4 is 11.8 Å². The zero-order chi connectivity index (χ0) is 13.1. The fraction of sp³-hybridized carbons (Fsp3) is 0.636. The lowest BCUT2D eigenvalue weighted by molar-refractivity contribution is 0.274. The van der Waals surface area contributed by atoms with E-state index in [4.69, 9.17) is 5.84 Å². The first-order chi connectivity index (χ1) is 7.84. The van der Waals surface area contributed by atoms with Crippen molar-refractivity contribution in [2.24, 2.45) is 17.2 Å². The summed E-state index contributed by atoms with van der Waals surface area (Å²) in [5.74, 6) is 5.43. The molecule has 0 aliphatic carbocycles. The van der Waals surface area contributed by atoms with E-state index < -0.39 is 5.82 Å². The first-order valence-electron chi connectivity index (χ1n) is 5.57. The fourth-order valence-electron chi connectivity index (χ4n) is 1.12. The molecular weight excluding hydrogens is 221 g/mol. The second kappa shape index (κ2) is 5.27. The Kier molecular flexibility index (Phi) is 4.22. The molecule has 1 rings (SSSR count). The molecule has 0 aliphatic heterocycles. The molecule has 0 fully saturated rings. The fourth-order valence-corrected chi connectivity index (χ4v) is 1.12. The van der Waals surface area contributed by atoms with E-state index in [1.807, 2.05) is 0 Å². The number of aromatic nitrogens is 2. The third-order valence-electron chi connectivity index (χ3n) is 2.93. The Morgan fingerprint density at radius 3 is 2.65 bits per heavy atom. The lowest BCUT2D eigenvalue weighted by atomic mass is 9.82. The summed E-state index contributed by atoms with van der Waals surface area (Å²) in [6, 6.07) is 0. The van der Waals surface area contributed by atoms with E-state index in [1.54, 1.807) is 0 Å². The molecule has 0 spiro atoms. The van der Waals surface area contributed by atoms with Crippen LogP contribution in [0.25, 0.3) is 0 Å². The highest BCUT2D eigenvalue weighted by Gasteiger charge is 2.20. The van der Waals surface area contributed by atoms with Crippen LogP contribution in [0.5, 0.6) is 0 Å². The van der Waals surface area contributed by atoms with Gasteiger partial charge in [0.15, 0.2) is 11.6 Å². The lowest BCUT2D eigenvalue weighted by Crippen LogP contribution is -2.25. The number of rotatable bonds is 4. The number of hydrogen-bond acceptors (Lipinski definition) is 5. The van der Waals surface area contributed by atoms with Gasteiger partial charge in [0.25, 0.3) is 0 Å². The molecule has 0 aromatic carbocycles. The minimum Gasteiger partial charge on any atom is -0.367 e. The summed E-state index contributed by atoms with van der Waals surface area (Å²) in [5, 5.41) is 2.97. The Balaban J connectivity index is 2.69. The molecule has 0 aliphatic rings. The molecule has 0 bridgehead atoms. The molecule has 4 N–H and O–H groups in total. The van der Waals surface area contributed by atoms with Gasteiger partial charge in [0, 0.05) is 6.54 Å². The molecule has 1 aromatic heterocycles. The third kappa shape index (κ3) is 3.81. The van der Waals surface area contributed by atoms with Crippen LogP contribution in [0.1, 0.15) is 27.7 Å². The number of halogens is 1. The standard InChI is InChI=1S/C11H20FN5/c1-7(11(2,3)4)5-14-9-8(12)6-15-10(16-9)17-13/h6-7H,5,13H2,1-4H3,(H2,14,15,16,17). The normalized spacial score (nSPS) is 13.3. The van der Waals surface area contributed by atoms with Crippen LogP contribution in [-0.2, 0) is 0 Å². The Morgan fingerprint density at radius 2 is 2.12 bits per heavy atom. The van der Waals surface area contributed by atoms with Crippen LogP contribution in [0.15, 0.2) is 6.20 Å². The lowest BCUT2D eigenvalue weighted by Gasteiger charge is -2.27. The first kappa shape index (κ1) is 13.6. The van der Waals surface area contributed by atoms with Gasteiger partial charge in [0.05, 0.1) is 6.20 Å². The van der Waals surface area contributed by atoms with E-state index in [-0.39, 0.29) is 17.2 Å². The van der Waals surface area contributed by atoms with Crippen molar-refractivity contribution in [1.29, 1.82) is 0 Å². The van der Waals surface area contributed by atoms with Gasteiger partial charge < -0.3 is 5.32 Å². The van der Waals surface area contributed by atoms with E-state index >= 15 is 0 Å². The Bertz CT molecular complexity index is 375. The van der Waals surface area contributed by atoms with Gasteiger partial charge in [0.1, 0.15) is 0 Å². The maximum atomic E-state index is 13.4. The summed E-state index contributed by atoms with van der Waals surface area (Å²) in [6.45, 7) is 9.17. The van der Waals surface area contributed by atoms with Crippen LogP contribution in [0, 0.1) is 17.2 Å². The number of nitrogens with zero attached hydrogens (tertiary/aromatic N) is 2. The van der Waals surface area contributed by atoms with Gasteiger partial charge in [-0.1, -0.05) is 27.7 Å². The SMILES string of the molecule is CC(CNc1nc(NN)ncc1F)C(C)(C)C. The van der Waals surface area contributed by atoms with Crippen molar-refractivity contribution in [3.05, 3.63) is 12.0 Å². The van der Waals surface area contributed by atoms with Gasteiger partial charge in [-0.3, -0.25) is 5.43 Å². The van der Waals surface area contributed by atoms with Crippen molar-refractivity contribution < 1.29 is 4.39 Å². The number of hydrazine groups is 1. The topological polar surface area (TPSA) is 75.9 Å². The molecule has 17 heavy (non-hydrogen) atoms. The van der Waals surface area contributed by atoms with Crippen LogP contribution in [0.4, 0.5) is 16.2 Å². The molecule has 1 aromatic rings. The van der Waals surface area contributed by atoms with Crippen molar-refractivity contribution in [2.75, 3.05) is 17.3 Å². The second-order valence-corrected chi connectivity index (χ2v) is 5.18. The Hall–Kier alpha value is -1.43. The van der Waals surface area contributed by atoms with E-state index in [2.05, 4.69) is 48.4 Å². The summed E-state index contributed by atoms with van der Waals surface area (Å²) in [4.78, 5) is 7.58. The van der Waals surface area contributed by atoms with Crippen LogP contribution in [0.3, 0.4) is 0 Å². The van der Waals surface area contributed by atoms with Crippen LogP contribution in [-0.4, -0.2) is 16.5 Å². The number of nitrogens with two attached hydrogens (primary N) is 1. The van der Waals surface area contributed by atoms with Crippen LogP contribution < -0.4 is 16.6 Å². The highest BCUT2D eigenvalue weighted by atomic mass is 19.1. The van der Waals surface area contributed by atoms with Crippen LogP contribution in [0.2, 0.25) is 0 Å². The third-order valence-corrected chi connectivity index (χ3v) is 2.93. The number of anilines is 2. The number of hydrogen-bond donors (Lipinski definition) is 3. The summed E-state index contributed by atoms with van der Waals surface area (Å²) >= 11 is 0. The van der Waals surface area contributed by atoms with E-state index in [0.717, 1.165) is 6.20 Å². The molecule has 0 saturated heterocycles. The second-order valence-electron chi connectivity index (χ2n) is 5.18. The zero-order valence-corrected chi connectivity index (χ0v) is 10.7. The van der Waals surface area contributed by atoms with Crippen molar-refractivity contribution in [2.45, 2.75) is 27.7 Å². The quantitative estimate of drug-likeness (QED) is 0.555. The molecule has 0 radical (unpaired) electrons. The van der Waals surface area contributed by atoms with E-state index in [1.165, 1.54) is 0 Å². The molecule has 0 amide bonds. The minimum atomic E-state index is -0.481. The van der Waals surface area contributed by atoms with E-state index in [9.17, 15) is 4.39 Å². The van der Waals surface area contributed by atoms with Crippen molar-refractivity contribution in [3.63, 3.8) is 0 Å². The maximum absolute atomic E-state index is 13.4. The first-order valence-corrected chi connectivity index (χ1v) is 5.57. The molecule has 0 saturated carbocycles.